The molecule has 0 aromatic heterocycles. The molecule has 5 heteroatoms. The van der Waals surface area contributed by atoms with Crippen LogP contribution in [0.25, 0.3) is 0 Å². The maximum Gasteiger partial charge on any atom is 0.316 e. The monoisotopic (exact) mass is 226 g/mol. The van der Waals surface area contributed by atoms with E-state index in [-0.39, 0.29) is 17.9 Å². The van der Waals surface area contributed by atoms with E-state index in [4.69, 9.17) is 4.74 Å². The van der Waals surface area contributed by atoms with Gasteiger partial charge in [0.1, 0.15) is 0 Å². The van der Waals surface area contributed by atoms with Gasteiger partial charge in [-0.3, -0.25) is 14.4 Å². The molecule has 1 rings (SSSR count). The molecule has 0 fully saturated rings. The first-order valence-electron chi connectivity index (χ1n) is 4.92. The first kappa shape index (κ1) is 12.4. The Morgan fingerprint density at radius 1 is 1.25 bits per heavy atom. The van der Waals surface area contributed by atoms with E-state index in [9.17, 15) is 14.4 Å². The first-order chi connectivity index (χ1) is 7.37. The summed E-state index contributed by atoms with van der Waals surface area (Å²) in [5.41, 5.74) is -2.39. The van der Waals surface area contributed by atoms with Gasteiger partial charge in [-0.1, -0.05) is 0 Å². The second kappa shape index (κ2) is 4.08. The maximum absolute atomic E-state index is 11.5. The van der Waals surface area contributed by atoms with Crippen molar-refractivity contribution in [2.45, 2.75) is 26.2 Å². The van der Waals surface area contributed by atoms with Gasteiger partial charge in [0.15, 0.2) is 5.75 Å². The van der Waals surface area contributed by atoms with Crippen LogP contribution in [0.2, 0.25) is 0 Å². The average Bonchev–Trinajstić information content (AvgIpc) is 2.26. The highest BCUT2D eigenvalue weighted by Crippen LogP contribution is 2.29. The van der Waals surface area contributed by atoms with E-state index in [2.05, 4.69) is 4.74 Å². The molecule has 88 valence electrons. The summed E-state index contributed by atoms with van der Waals surface area (Å²) in [7, 11) is 1.23. The highest BCUT2D eigenvalue weighted by molar-refractivity contribution is 5.83. The SMILES string of the molecule is CCOc1c(C(C)(C)C(=O)OC)c(=O)c1=O. The second-order valence-electron chi connectivity index (χ2n) is 3.91. The first-order valence-corrected chi connectivity index (χ1v) is 4.92. The molecule has 0 radical (unpaired) electrons. The van der Waals surface area contributed by atoms with Gasteiger partial charge in [0, 0.05) is 0 Å². The van der Waals surface area contributed by atoms with Gasteiger partial charge in [0.2, 0.25) is 5.43 Å². The number of carbonyl (C=O) groups is 1. The van der Waals surface area contributed by atoms with Crippen LogP contribution in [-0.2, 0) is 14.9 Å². The van der Waals surface area contributed by atoms with Gasteiger partial charge in [-0.05, 0) is 20.8 Å². The van der Waals surface area contributed by atoms with E-state index in [1.165, 1.54) is 21.0 Å². The standard InChI is InChI=1S/C11H14O5/c1-5-16-9-6(7(12)8(9)13)11(2,3)10(14)15-4/h5H2,1-4H3. The number of esters is 1. The predicted octanol–water partition coefficient (Wildman–Crippen LogP) is 0.132. The Hall–Kier alpha value is -1.65. The zero-order chi connectivity index (χ0) is 12.5. The van der Waals surface area contributed by atoms with E-state index in [1.54, 1.807) is 6.92 Å². The summed E-state index contributed by atoms with van der Waals surface area (Å²) >= 11 is 0. The fourth-order valence-electron chi connectivity index (χ4n) is 1.58. The van der Waals surface area contributed by atoms with Crippen LogP contribution in [0.3, 0.4) is 0 Å². The van der Waals surface area contributed by atoms with Gasteiger partial charge < -0.3 is 9.47 Å². The minimum absolute atomic E-state index is 0.0112. The minimum atomic E-state index is -1.15. The van der Waals surface area contributed by atoms with Crippen LogP contribution < -0.4 is 15.6 Å². The van der Waals surface area contributed by atoms with Crippen molar-refractivity contribution in [3.8, 4) is 5.75 Å². The number of ether oxygens (including phenoxy) is 2. The lowest BCUT2D eigenvalue weighted by Crippen LogP contribution is -2.46. The second-order valence-corrected chi connectivity index (χ2v) is 3.91. The van der Waals surface area contributed by atoms with Crippen LogP contribution >= 0.6 is 0 Å². The Balaban J connectivity index is 3.24. The molecule has 0 aliphatic rings. The lowest BCUT2D eigenvalue weighted by Gasteiger charge is -2.24. The molecule has 5 nitrogen and oxygen atoms in total. The summed E-state index contributed by atoms with van der Waals surface area (Å²) in [6.45, 7) is 5.02. The smallest absolute Gasteiger partial charge is 0.316 e. The third-order valence-corrected chi connectivity index (χ3v) is 2.48. The third kappa shape index (κ3) is 1.62. The fraction of sp³-hybridized carbons (Fsp3) is 0.545. The van der Waals surface area contributed by atoms with Gasteiger partial charge in [-0.2, -0.15) is 0 Å². The van der Waals surface area contributed by atoms with Crippen molar-refractivity contribution < 1.29 is 14.3 Å². The Kier molecular flexibility index (Phi) is 3.16. The van der Waals surface area contributed by atoms with Crippen LogP contribution in [0.15, 0.2) is 9.59 Å². The van der Waals surface area contributed by atoms with E-state index in [0.29, 0.717) is 0 Å². The van der Waals surface area contributed by atoms with Gasteiger partial charge in [0.25, 0.3) is 5.43 Å². The van der Waals surface area contributed by atoms with Crippen molar-refractivity contribution in [2.75, 3.05) is 13.7 Å². The number of rotatable bonds is 4. The minimum Gasteiger partial charge on any atom is -0.489 e. The van der Waals surface area contributed by atoms with Gasteiger partial charge >= 0.3 is 5.97 Å². The summed E-state index contributed by atoms with van der Waals surface area (Å²) in [4.78, 5) is 34.1. The number of hydrogen-bond acceptors (Lipinski definition) is 5. The molecule has 0 heterocycles. The molecule has 0 N–H and O–H groups in total. The molecule has 0 amide bonds. The zero-order valence-corrected chi connectivity index (χ0v) is 9.75. The molecule has 0 atom stereocenters. The topological polar surface area (TPSA) is 69.7 Å². The maximum atomic E-state index is 11.5. The van der Waals surface area contributed by atoms with E-state index < -0.39 is 22.2 Å². The number of methoxy groups -OCH3 is 1. The summed E-state index contributed by atoms with van der Waals surface area (Å²) < 4.78 is 9.65. The molecule has 0 bridgehead atoms. The molecule has 0 saturated carbocycles. The Bertz CT molecular complexity index is 477. The molecule has 1 aromatic rings. The van der Waals surface area contributed by atoms with Crippen molar-refractivity contribution in [2.24, 2.45) is 0 Å². The number of hydrogen-bond donors (Lipinski definition) is 0. The lowest BCUT2D eigenvalue weighted by molar-refractivity contribution is -0.146. The highest BCUT2D eigenvalue weighted by Gasteiger charge is 2.41. The molecular weight excluding hydrogens is 212 g/mol. The van der Waals surface area contributed by atoms with E-state index >= 15 is 0 Å². The van der Waals surface area contributed by atoms with Crippen molar-refractivity contribution in [1.29, 1.82) is 0 Å². The summed E-state index contributed by atoms with van der Waals surface area (Å²) in [5.74, 6) is -0.580. The Labute approximate surface area is 92.7 Å². The number of carbonyl (C=O) groups excluding carboxylic acids is 1. The van der Waals surface area contributed by atoms with Crippen molar-refractivity contribution >= 4 is 5.97 Å². The summed E-state index contributed by atoms with van der Waals surface area (Å²) in [6, 6.07) is 0. The molecule has 0 unspecified atom stereocenters. The highest BCUT2D eigenvalue weighted by atomic mass is 16.5. The van der Waals surface area contributed by atoms with Gasteiger partial charge in [-0.25, -0.2) is 0 Å². The van der Waals surface area contributed by atoms with Crippen LogP contribution in [0.5, 0.6) is 5.75 Å². The van der Waals surface area contributed by atoms with Gasteiger partial charge in [-0.15, -0.1) is 0 Å². The molecule has 16 heavy (non-hydrogen) atoms. The molecule has 0 saturated heterocycles. The molecule has 0 aliphatic heterocycles. The molecular formula is C11H14O5. The third-order valence-electron chi connectivity index (χ3n) is 2.48. The van der Waals surface area contributed by atoms with Crippen LogP contribution in [0, 0.1) is 0 Å². The zero-order valence-electron chi connectivity index (χ0n) is 9.75. The lowest BCUT2D eigenvalue weighted by atomic mass is 9.81. The van der Waals surface area contributed by atoms with E-state index in [1.807, 2.05) is 0 Å². The largest absolute Gasteiger partial charge is 0.489 e. The van der Waals surface area contributed by atoms with Crippen LogP contribution in [0.4, 0.5) is 0 Å². The van der Waals surface area contributed by atoms with Crippen molar-refractivity contribution in [3.63, 3.8) is 0 Å². The Morgan fingerprint density at radius 3 is 2.25 bits per heavy atom. The fourth-order valence-corrected chi connectivity index (χ4v) is 1.58. The normalized spacial score (nSPS) is 11.5. The van der Waals surface area contributed by atoms with Gasteiger partial charge in [0.05, 0.1) is 24.7 Å². The average molecular weight is 226 g/mol. The summed E-state index contributed by atoms with van der Waals surface area (Å²) in [6.07, 6.45) is 0. The van der Waals surface area contributed by atoms with Crippen molar-refractivity contribution in [1.82, 2.24) is 0 Å². The molecule has 0 spiro atoms. The molecule has 1 aromatic carbocycles. The predicted molar refractivity (Wildman–Crippen MR) is 57.6 cm³/mol. The van der Waals surface area contributed by atoms with E-state index in [0.717, 1.165) is 0 Å². The quantitative estimate of drug-likeness (QED) is 0.539. The summed E-state index contributed by atoms with van der Waals surface area (Å²) in [5, 5.41) is 0. The van der Waals surface area contributed by atoms with Crippen molar-refractivity contribution in [3.05, 3.63) is 26.0 Å². The Morgan fingerprint density at radius 2 is 1.81 bits per heavy atom. The molecule has 0 aliphatic carbocycles. The van der Waals surface area contributed by atoms with Crippen LogP contribution in [-0.4, -0.2) is 19.7 Å². The van der Waals surface area contributed by atoms with Crippen LogP contribution in [0.1, 0.15) is 26.3 Å².